The van der Waals surface area contributed by atoms with E-state index in [1.54, 1.807) is 44.3 Å². The summed E-state index contributed by atoms with van der Waals surface area (Å²) in [5.74, 6) is 0.783. The number of nitriles is 1. The molecule has 1 aliphatic heterocycles. The molecule has 2 N–H and O–H groups in total. The number of aromatic nitrogens is 1. The molecule has 1 aromatic carbocycles. The summed E-state index contributed by atoms with van der Waals surface area (Å²) in [4.78, 5) is 18.2. The number of sulfonamides is 1. The maximum Gasteiger partial charge on any atom is 0.240 e. The molecule has 2 aromatic rings. The molecule has 1 aromatic heterocycles. The van der Waals surface area contributed by atoms with Crippen LogP contribution >= 0.6 is 0 Å². The molecule has 1 amide bonds. The second kappa shape index (κ2) is 9.90. The number of pyridine rings is 1. The average Bonchev–Trinajstić information content (AvgIpc) is 2.78. The van der Waals surface area contributed by atoms with Crippen LogP contribution in [0.25, 0.3) is 0 Å². The SMILES string of the molecule is CCC(=O)Nc1ccc(S(=O)(=O)NCC2CCN(c3ncccc3C#N)CC2)c(C)c1. The van der Waals surface area contributed by atoms with Crippen LogP contribution in [0.4, 0.5) is 11.5 Å². The van der Waals surface area contributed by atoms with E-state index in [4.69, 9.17) is 0 Å². The van der Waals surface area contributed by atoms with Gasteiger partial charge in [-0.05, 0) is 61.6 Å². The van der Waals surface area contributed by atoms with Gasteiger partial charge in [0, 0.05) is 37.9 Å². The minimum absolute atomic E-state index is 0.118. The third-order valence-corrected chi connectivity index (χ3v) is 7.04. The molecule has 0 unspecified atom stereocenters. The Morgan fingerprint density at radius 1 is 1.29 bits per heavy atom. The Hall–Kier alpha value is -2.96. The summed E-state index contributed by atoms with van der Waals surface area (Å²) in [6.07, 6.45) is 3.66. The maximum atomic E-state index is 12.8. The molecule has 0 bridgehead atoms. The van der Waals surface area contributed by atoms with Gasteiger partial charge in [0.25, 0.3) is 0 Å². The van der Waals surface area contributed by atoms with Gasteiger partial charge in [-0.2, -0.15) is 5.26 Å². The van der Waals surface area contributed by atoms with E-state index in [9.17, 15) is 18.5 Å². The van der Waals surface area contributed by atoms with Gasteiger partial charge in [0.2, 0.25) is 15.9 Å². The van der Waals surface area contributed by atoms with Crippen molar-refractivity contribution in [3.63, 3.8) is 0 Å². The van der Waals surface area contributed by atoms with E-state index in [0.29, 0.717) is 35.6 Å². The van der Waals surface area contributed by atoms with Crippen molar-refractivity contribution in [2.24, 2.45) is 5.92 Å². The van der Waals surface area contributed by atoms with Crippen LogP contribution in [0.2, 0.25) is 0 Å². The first-order chi connectivity index (χ1) is 14.8. The Morgan fingerprint density at radius 3 is 2.68 bits per heavy atom. The number of hydrogen-bond donors (Lipinski definition) is 2. The number of carbonyl (C=O) groups is 1. The number of nitrogens with one attached hydrogen (secondary N) is 2. The van der Waals surface area contributed by atoms with Gasteiger partial charge in [-0.1, -0.05) is 6.92 Å². The Kier molecular flexibility index (Phi) is 7.25. The normalized spacial score (nSPS) is 14.8. The molecular formula is C22H27N5O3S. The number of aryl methyl sites for hydroxylation is 1. The first-order valence-electron chi connectivity index (χ1n) is 10.3. The predicted octanol–water partition coefficient (Wildman–Crippen LogP) is 2.81. The lowest BCUT2D eigenvalue weighted by molar-refractivity contribution is -0.115. The van der Waals surface area contributed by atoms with Crippen molar-refractivity contribution in [2.45, 2.75) is 38.0 Å². The van der Waals surface area contributed by atoms with Gasteiger partial charge in [0.05, 0.1) is 10.5 Å². The van der Waals surface area contributed by atoms with E-state index in [1.807, 2.05) is 0 Å². The summed E-state index contributed by atoms with van der Waals surface area (Å²) in [6, 6.07) is 10.5. The van der Waals surface area contributed by atoms with Crippen molar-refractivity contribution < 1.29 is 13.2 Å². The molecule has 2 heterocycles. The molecule has 8 nitrogen and oxygen atoms in total. The van der Waals surface area contributed by atoms with Crippen LogP contribution in [0.15, 0.2) is 41.4 Å². The molecule has 31 heavy (non-hydrogen) atoms. The number of piperidine rings is 1. The summed E-state index contributed by atoms with van der Waals surface area (Å²) < 4.78 is 28.3. The highest BCUT2D eigenvalue weighted by Gasteiger charge is 2.24. The fourth-order valence-corrected chi connectivity index (χ4v) is 5.01. The number of benzene rings is 1. The van der Waals surface area contributed by atoms with E-state index < -0.39 is 10.0 Å². The largest absolute Gasteiger partial charge is 0.356 e. The first-order valence-corrected chi connectivity index (χ1v) is 11.8. The second-order valence-electron chi connectivity index (χ2n) is 7.65. The predicted molar refractivity (Wildman–Crippen MR) is 119 cm³/mol. The lowest BCUT2D eigenvalue weighted by Crippen LogP contribution is -2.39. The van der Waals surface area contributed by atoms with Crippen molar-refractivity contribution in [1.29, 1.82) is 5.26 Å². The van der Waals surface area contributed by atoms with E-state index in [2.05, 4.69) is 26.0 Å². The molecule has 1 fully saturated rings. The standard InChI is InChI=1S/C22H27N5O3S/c1-3-21(28)26-19-6-7-20(16(2)13-19)31(29,30)25-15-17-8-11-27(12-9-17)22-18(14-23)5-4-10-24-22/h4-7,10,13,17,25H,3,8-9,11-12,15H2,1-2H3,(H,26,28). The van der Waals surface area contributed by atoms with Crippen LogP contribution in [0, 0.1) is 24.2 Å². The molecular weight excluding hydrogens is 414 g/mol. The van der Waals surface area contributed by atoms with Crippen LogP contribution in [0.5, 0.6) is 0 Å². The highest BCUT2D eigenvalue weighted by Crippen LogP contribution is 2.25. The molecule has 0 saturated carbocycles. The molecule has 9 heteroatoms. The zero-order chi connectivity index (χ0) is 22.4. The Bertz CT molecular complexity index is 1090. The van der Waals surface area contributed by atoms with E-state index in [0.717, 1.165) is 25.9 Å². The molecule has 1 aliphatic rings. The number of carbonyl (C=O) groups excluding carboxylic acids is 1. The highest BCUT2D eigenvalue weighted by molar-refractivity contribution is 7.89. The monoisotopic (exact) mass is 441 g/mol. The Labute approximate surface area is 183 Å². The minimum atomic E-state index is -3.65. The van der Waals surface area contributed by atoms with Gasteiger partial charge in [-0.25, -0.2) is 18.1 Å². The zero-order valence-corrected chi connectivity index (χ0v) is 18.6. The van der Waals surface area contributed by atoms with Gasteiger partial charge < -0.3 is 10.2 Å². The highest BCUT2D eigenvalue weighted by atomic mass is 32.2. The Balaban J connectivity index is 1.58. The molecule has 1 saturated heterocycles. The van der Waals surface area contributed by atoms with Crippen molar-refractivity contribution in [3.05, 3.63) is 47.7 Å². The van der Waals surface area contributed by atoms with Crippen LogP contribution < -0.4 is 14.9 Å². The number of amides is 1. The first kappa shape index (κ1) is 22.7. The van der Waals surface area contributed by atoms with Crippen LogP contribution in [0.1, 0.15) is 37.3 Å². The summed E-state index contributed by atoms with van der Waals surface area (Å²) in [5, 5.41) is 12.0. The van der Waals surface area contributed by atoms with Crippen LogP contribution in [-0.2, 0) is 14.8 Å². The van der Waals surface area contributed by atoms with Gasteiger partial charge >= 0.3 is 0 Å². The van der Waals surface area contributed by atoms with Crippen molar-refractivity contribution in [3.8, 4) is 6.07 Å². The summed E-state index contributed by atoms with van der Waals surface area (Å²) in [5.41, 5.74) is 1.72. The third-order valence-electron chi connectivity index (χ3n) is 5.45. The van der Waals surface area contributed by atoms with E-state index in [1.165, 1.54) is 6.07 Å². The fourth-order valence-electron chi connectivity index (χ4n) is 3.67. The molecule has 0 spiro atoms. The Morgan fingerprint density at radius 2 is 2.03 bits per heavy atom. The fraction of sp³-hybridized carbons (Fsp3) is 0.409. The van der Waals surface area contributed by atoms with Crippen molar-refractivity contribution >= 4 is 27.4 Å². The topological polar surface area (TPSA) is 115 Å². The van der Waals surface area contributed by atoms with Crippen molar-refractivity contribution in [1.82, 2.24) is 9.71 Å². The van der Waals surface area contributed by atoms with Gasteiger partial charge in [-0.3, -0.25) is 4.79 Å². The number of hydrogen-bond acceptors (Lipinski definition) is 6. The number of rotatable bonds is 7. The lowest BCUT2D eigenvalue weighted by Gasteiger charge is -2.33. The van der Waals surface area contributed by atoms with Gasteiger partial charge in [0.15, 0.2) is 0 Å². The lowest BCUT2D eigenvalue weighted by atomic mass is 9.97. The van der Waals surface area contributed by atoms with E-state index >= 15 is 0 Å². The quantitative estimate of drug-likeness (QED) is 0.683. The molecule has 3 rings (SSSR count). The summed E-state index contributed by atoms with van der Waals surface area (Å²) in [7, 11) is -3.65. The maximum absolute atomic E-state index is 12.8. The molecule has 0 atom stereocenters. The summed E-state index contributed by atoms with van der Waals surface area (Å²) >= 11 is 0. The van der Waals surface area contributed by atoms with E-state index in [-0.39, 0.29) is 16.7 Å². The second-order valence-corrected chi connectivity index (χ2v) is 9.39. The smallest absolute Gasteiger partial charge is 0.240 e. The molecule has 164 valence electrons. The zero-order valence-electron chi connectivity index (χ0n) is 17.8. The summed E-state index contributed by atoms with van der Waals surface area (Å²) in [6.45, 7) is 5.28. The number of nitrogens with zero attached hydrogens (tertiary/aromatic N) is 3. The third kappa shape index (κ3) is 5.60. The number of anilines is 2. The molecule has 0 aliphatic carbocycles. The minimum Gasteiger partial charge on any atom is -0.356 e. The van der Waals surface area contributed by atoms with Gasteiger partial charge in [0.1, 0.15) is 11.9 Å². The van der Waals surface area contributed by atoms with Crippen LogP contribution in [0.3, 0.4) is 0 Å². The van der Waals surface area contributed by atoms with Gasteiger partial charge in [-0.15, -0.1) is 0 Å². The average molecular weight is 442 g/mol. The van der Waals surface area contributed by atoms with Crippen molar-refractivity contribution in [2.75, 3.05) is 29.9 Å². The molecule has 0 radical (unpaired) electrons. The van der Waals surface area contributed by atoms with Crippen LogP contribution in [-0.4, -0.2) is 38.9 Å².